The van der Waals surface area contributed by atoms with Crippen LogP contribution in [0.5, 0.6) is 0 Å². The Labute approximate surface area is 75.6 Å². The summed E-state index contributed by atoms with van der Waals surface area (Å²) in [6, 6.07) is 7.66. The summed E-state index contributed by atoms with van der Waals surface area (Å²) in [6.07, 6.45) is 0. The van der Waals surface area contributed by atoms with Crippen LogP contribution in [-0.4, -0.2) is 0 Å². The first kappa shape index (κ1) is 8.48. The summed E-state index contributed by atoms with van der Waals surface area (Å²) in [5, 5.41) is 0.769. The molecule has 0 aliphatic heterocycles. The molecule has 0 aliphatic carbocycles. The molecule has 0 nitrogen and oxygen atoms in total. The van der Waals surface area contributed by atoms with Crippen LogP contribution in [0.3, 0.4) is 0 Å². The second kappa shape index (κ2) is 4.30. The molecule has 0 atom stereocenters. The Balaban J connectivity index is 2.78. The average Bonchev–Trinajstić information content (AvgIpc) is 1.95. The molecule has 0 radical (unpaired) electrons. The lowest BCUT2D eigenvalue weighted by atomic mass is 10.4. The van der Waals surface area contributed by atoms with E-state index in [4.69, 9.17) is 23.4 Å². The lowest BCUT2D eigenvalue weighted by Crippen LogP contribution is -1.64. The fourth-order valence-electron chi connectivity index (χ4n) is 0.538. The molecular formula is C6H4ClPS2. The third kappa shape index (κ3) is 2.55. The molecule has 0 saturated carbocycles. The molecule has 0 bridgehead atoms. The van der Waals surface area contributed by atoms with E-state index in [9.17, 15) is 0 Å². The van der Waals surface area contributed by atoms with Gasteiger partial charge in [-0.3, -0.25) is 0 Å². The molecule has 4 heteroatoms. The van der Waals surface area contributed by atoms with E-state index in [1.807, 2.05) is 24.3 Å². The predicted octanol–water partition coefficient (Wildman–Crippen LogP) is 3.76. The Bertz CT molecular complexity index is 222. The topological polar surface area (TPSA) is 0 Å². The van der Waals surface area contributed by atoms with E-state index >= 15 is 0 Å². The average molecular weight is 207 g/mol. The standard InChI is InChI=1S/C6H4ClPS2/c7-5-1-3-6(4-2-5)10-8-9/h1-4H. The summed E-state index contributed by atoms with van der Waals surface area (Å²) in [5.41, 5.74) is 0. The highest BCUT2D eigenvalue weighted by atomic mass is 35.5. The second-order valence-electron chi connectivity index (χ2n) is 1.62. The van der Waals surface area contributed by atoms with Crippen LogP contribution in [0, 0.1) is 0 Å². The van der Waals surface area contributed by atoms with Gasteiger partial charge < -0.3 is 0 Å². The molecule has 0 N–H and O–H groups in total. The normalized spacial score (nSPS) is 10.1. The zero-order valence-electron chi connectivity index (χ0n) is 4.95. The van der Waals surface area contributed by atoms with Crippen molar-refractivity contribution in [1.82, 2.24) is 0 Å². The first-order valence-electron chi connectivity index (χ1n) is 2.58. The SMILES string of the molecule is S=PSc1ccc(Cl)cc1. The molecule has 0 aromatic heterocycles. The summed E-state index contributed by atoms with van der Waals surface area (Å²) in [7, 11) is 0. The van der Waals surface area contributed by atoms with Crippen molar-refractivity contribution in [2.24, 2.45) is 0 Å². The van der Waals surface area contributed by atoms with Gasteiger partial charge in [-0.15, -0.1) is 0 Å². The minimum atomic E-state index is 0.769. The van der Waals surface area contributed by atoms with Crippen molar-refractivity contribution in [1.29, 1.82) is 0 Å². The highest BCUT2D eigenvalue weighted by Crippen LogP contribution is 2.29. The van der Waals surface area contributed by atoms with E-state index < -0.39 is 0 Å². The maximum Gasteiger partial charge on any atom is 0.0482 e. The van der Waals surface area contributed by atoms with Gasteiger partial charge in [-0.2, -0.15) is 0 Å². The molecule has 1 rings (SSSR count). The van der Waals surface area contributed by atoms with Crippen molar-refractivity contribution in [2.45, 2.75) is 4.90 Å². The molecule has 0 spiro atoms. The Hall–Kier alpha value is 0.380. The quantitative estimate of drug-likeness (QED) is 0.676. The maximum atomic E-state index is 5.67. The molecular weight excluding hydrogens is 203 g/mol. The molecule has 0 aliphatic rings. The third-order valence-corrected chi connectivity index (χ3v) is 3.29. The number of rotatable bonds is 2. The van der Waals surface area contributed by atoms with Crippen molar-refractivity contribution >= 4 is 41.3 Å². The van der Waals surface area contributed by atoms with Crippen molar-refractivity contribution in [3.8, 4) is 0 Å². The van der Waals surface area contributed by atoms with Crippen LogP contribution in [-0.2, 0) is 11.8 Å². The summed E-state index contributed by atoms with van der Waals surface area (Å²) in [6.45, 7) is 0.903. The van der Waals surface area contributed by atoms with Gasteiger partial charge in [0, 0.05) is 16.5 Å². The van der Waals surface area contributed by atoms with Crippen molar-refractivity contribution in [3.63, 3.8) is 0 Å². The zero-order chi connectivity index (χ0) is 7.40. The fraction of sp³-hybridized carbons (Fsp3) is 0. The lowest BCUT2D eigenvalue weighted by molar-refractivity contribution is 1.48. The van der Waals surface area contributed by atoms with Crippen LogP contribution < -0.4 is 0 Å². The predicted molar refractivity (Wildman–Crippen MR) is 51.6 cm³/mol. The van der Waals surface area contributed by atoms with E-state index in [-0.39, 0.29) is 0 Å². The largest absolute Gasteiger partial charge is 0.0843 e. The smallest absolute Gasteiger partial charge is 0.0482 e. The van der Waals surface area contributed by atoms with Crippen molar-refractivity contribution in [3.05, 3.63) is 29.3 Å². The van der Waals surface area contributed by atoms with E-state index in [1.54, 1.807) is 11.4 Å². The molecule has 0 unspecified atom stereocenters. The first-order valence-corrected chi connectivity index (χ1v) is 6.29. The summed E-state index contributed by atoms with van der Waals surface area (Å²) >= 11 is 12.1. The monoisotopic (exact) mass is 206 g/mol. The minimum Gasteiger partial charge on any atom is -0.0843 e. The van der Waals surface area contributed by atoms with Crippen LogP contribution in [0.4, 0.5) is 0 Å². The van der Waals surface area contributed by atoms with Gasteiger partial charge in [-0.05, 0) is 36.1 Å². The molecule has 0 amide bonds. The van der Waals surface area contributed by atoms with E-state index in [0.717, 1.165) is 11.6 Å². The summed E-state index contributed by atoms with van der Waals surface area (Å²) in [5.74, 6) is 0. The van der Waals surface area contributed by atoms with Gasteiger partial charge >= 0.3 is 0 Å². The Kier molecular flexibility index (Phi) is 3.64. The molecule has 0 heterocycles. The maximum absolute atomic E-state index is 5.67. The van der Waals surface area contributed by atoms with E-state index in [0.29, 0.717) is 0 Å². The van der Waals surface area contributed by atoms with Gasteiger partial charge in [-0.1, -0.05) is 23.0 Å². The number of hydrogen-bond donors (Lipinski definition) is 0. The van der Waals surface area contributed by atoms with Crippen LogP contribution >= 0.6 is 29.5 Å². The molecule has 0 saturated heterocycles. The zero-order valence-corrected chi connectivity index (χ0v) is 8.23. The van der Waals surface area contributed by atoms with Crippen molar-refractivity contribution < 1.29 is 0 Å². The Morgan fingerprint density at radius 2 is 1.90 bits per heavy atom. The lowest BCUT2D eigenvalue weighted by Gasteiger charge is -1.92. The number of hydrogen-bond acceptors (Lipinski definition) is 2. The summed E-state index contributed by atoms with van der Waals surface area (Å²) in [4.78, 5) is 1.17. The molecule has 52 valence electrons. The Morgan fingerprint density at radius 1 is 1.30 bits per heavy atom. The van der Waals surface area contributed by atoms with Crippen molar-refractivity contribution in [2.75, 3.05) is 0 Å². The van der Waals surface area contributed by atoms with Gasteiger partial charge in [0.15, 0.2) is 0 Å². The van der Waals surface area contributed by atoms with Crippen LogP contribution in [0.1, 0.15) is 0 Å². The Morgan fingerprint density at radius 3 is 2.40 bits per heavy atom. The van der Waals surface area contributed by atoms with Gasteiger partial charge in [0.25, 0.3) is 0 Å². The van der Waals surface area contributed by atoms with E-state index in [2.05, 4.69) is 0 Å². The van der Waals surface area contributed by atoms with Crippen LogP contribution in [0.15, 0.2) is 29.2 Å². The fourth-order valence-corrected chi connectivity index (χ4v) is 2.41. The minimum absolute atomic E-state index is 0.769. The number of benzene rings is 1. The second-order valence-corrected chi connectivity index (χ2v) is 5.20. The molecule has 10 heavy (non-hydrogen) atoms. The van der Waals surface area contributed by atoms with Gasteiger partial charge in [0.2, 0.25) is 0 Å². The van der Waals surface area contributed by atoms with Gasteiger partial charge in [0.1, 0.15) is 0 Å². The highest BCUT2D eigenvalue weighted by Gasteiger charge is 1.89. The molecule has 1 aromatic carbocycles. The highest BCUT2D eigenvalue weighted by molar-refractivity contribution is 8.58. The number of halogens is 1. The van der Waals surface area contributed by atoms with Gasteiger partial charge in [-0.25, -0.2) is 0 Å². The van der Waals surface area contributed by atoms with Crippen LogP contribution in [0.25, 0.3) is 0 Å². The van der Waals surface area contributed by atoms with Gasteiger partial charge in [0.05, 0.1) is 0 Å². The summed E-state index contributed by atoms with van der Waals surface area (Å²) < 4.78 is 0. The third-order valence-electron chi connectivity index (χ3n) is 0.956. The van der Waals surface area contributed by atoms with E-state index in [1.165, 1.54) is 4.90 Å². The van der Waals surface area contributed by atoms with Crippen LogP contribution in [0.2, 0.25) is 5.02 Å². The first-order chi connectivity index (χ1) is 4.83. The molecule has 0 fully saturated rings. The molecule has 1 aromatic rings.